The molecule has 2 fully saturated rings. The first-order valence-corrected chi connectivity index (χ1v) is 12.2. The molecule has 5 heteroatoms. The van der Waals surface area contributed by atoms with Gasteiger partial charge < -0.3 is 14.7 Å². The van der Waals surface area contributed by atoms with Crippen LogP contribution in [0.25, 0.3) is 0 Å². The van der Waals surface area contributed by atoms with Gasteiger partial charge in [0.05, 0.1) is 13.0 Å². The van der Waals surface area contributed by atoms with Crippen molar-refractivity contribution in [2.75, 3.05) is 37.7 Å². The lowest BCUT2D eigenvalue weighted by molar-refractivity contribution is 0.0961. The fourth-order valence-corrected chi connectivity index (χ4v) is 6.03. The van der Waals surface area contributed by atoms with Gasteiger partial charge in [-0.05, 0) is 75.3 Å². The molecular formula is C25H40N3O2+. The summed E-state index contributed by atoms with van der Waals surface area (Å²) in [6.07, 6.45) is 12.0. The molecule has 0 saturated carbocycles. The number of rotatable bonds is 10. The molecule has 0 spiro atoms. The number of nitrogens with one attached hydrogen (secondary N) is 1. The maximum atomic E-state index is 7.64. The topological polar surface area (TPSA) is 62.5 Å². The fourth-order valence-electron chi connectivity index (χ4n) is 6.03. The SMILES string of the molecule is N=C(CC[OH2+])OCCCC1CC2CCC(C1)N2CCCN1CCCc2ccccc21. The molecule has 0 amide bonds. The highest BCUT2D eigenvalue weighted by Crippen LogP contribution is 2.40. The van der Waals surface area contributed by atoms with E-state index < -0.39 is 0 Å². The van der Waals surface area contributed by atoms with Crippen LogP contribution in [-0.4, -0.2) is 60.8 Å². The Morgan fingerprint density at radius 3 is 2.70 bits per heavy atom. The summed E-state index contributed by atoms with van der Waals surface area (Å²) in [5, 5.41) is 14.8. The summed E-state index contributed by atoms with van der Waals surface area (Å²) in [5.41, 5.74) is 3.01. The molecule has 1 aromatic carbocycles. The van der Waals surface area contributed by atoms with Crippen molar-refractivity contribution in [3.05, 3.63) is 29.8 Å². The minimum Gasteiger partial charge on any atom is -0.481 e. The minimum atomic E-state index is 0.255. The lowest BCUT2D eigenvalue weighted by atomic mass is 9.87. The number of fused-ring (bicyclic) bond motifs is 3. The lowest BCUT2D eigenvalue weighted by Crippen LogP contribution is -2.44. The summed E-state index contributed by atoms with van der Waals surface area (Å²) in [6, 6.07) is 10.6. The maximum Gasteiger partial charge on any atom is 0.188 e. The van der Waals surface area contributed by atoms with Crippen LogP contribution in [0.2, 0.25) is 0 Å². The summed E-state index contributed by atoms with van der Waals surface area (Å²) in [6.45, 7) is 4.58. The normalized spacial score (nSPS) is 25.9. The Hall–Kier alpha value is -1.59. The van der Waals surface area contributed by atoms with Gasteiger partial charge in [-0.3, -0.25) is 10.3 Å². The Balaban J connectivity index is 1.17. The van der Waals surface area contributed by atoms with Crippen molar-refractivity contribution in [1.82, 2.24) is 4.90 Å². The van der Waals surface area contributed by atoms with Gasteiger partial charge in [0.25, 0.3) is 0 Å². The van der Waals surface area contributed by atoms with E-state index >= 15 is 0 Å². The van der Waals surface area contributed by atoms with E-state index in [0.717, 1.165) is 24.4 Å². The van der Waals surface area contributed by atoms with Crippen LogP contribution in [0, 0.1) is 11.3 Å². The van der Waals surface area contributed by atoms with Gasteiger partial charge in [0, 0.05) is 37.4 Å². The molecule has 3 N–H and O–H groups in total. The molecule has 0 aliphatic carbocycles. The fraction of sp³-hybridized carbons (Fsp3) is 0.720. The number of ether oxygens (including phenoxy) is 1. The third-order valence-corrected chi connectivity index (χ3v) is 7.42. The molecule has 2 saturated heterocycles. The van der Waals surface area contributed by atoms with E-state index in [1.165, 1.54) is 82.3 Å². The van der Waals surface area contributed by atoms with E-state index in [0.29, 0.717) is 13.0 Å². The molecule has 2 atom stereocenters. The second-order valence-corrected chi connectivity index (χ2v) is 9.45. The first-order chi connectivity index (χ1) is 14.7. The summed E-state index contributed by atoms with van der Waals surface area (Å²) in [7, 11) is 0. The second kappa shape index (κ2) is 10.6. The zero-order valence-corrected chi connectivity index (χ0v) is 18.5. The third-order valence-electron chi connectivity index (χ3n) is 7.42. The van der Waals surface area contributed by atoms with E-state index in [9.17, 15) is 0 Å². The molecule has 3 aliphatic heterocycles. The Morgan fingerprint density at radius 2 is 1.90 bits per heavy atom. The monoisotopic (exact) mass is 414 g/mol. The highest BCUT2D eigenvalue weighted by molar-refractivity contribution is 5.72. The van der Waals surface area contributed by atoms with Gasteiger partial charge >= 0.3 is 0 Å². The summed E-state index contributed by atoms with van der Waals surface area (Å²) in [4.78, 5) is 5.46. The average Bonchev–Trinajstić information content (AvgIpc) is 2.99. The van der Waals surface area contributed by atoms with Crippen LogP contribution >= 0.6 is 0 Å². The van der Waals surface area contributed by atoms with E-state index in [4.69, 9.17) is 15.3 Å². The van der Waals surface area contributed by atoms with Crippen molar-refractivity contribution in [1.29, 1.82) is 5.41 Å². The van der Waals surface area contributed by atoms with Crippen LogP contribution in [0.4, 0.5) is 5.69 Å². The highest BCUT2D eigenvalue weighted by Gasteiger charge is 2.39. The van der Waals surface area contributed by atoms with Crippen LogP contribution < -0.4 is 4.90 Å². The van der Waals surface area contributed by atoms with Gasteiger partial charge in [0.2, 0.25) is 0 Å². The Labute approximate surface area is 181 Å². The molecule has 4 rings (SSSR count). The van der Waals surface area contributed by atoms with Crippen molar-refractivity contribution < 1.29 is 9.84 Å². The number of anilines is 1. The van der Waals surface area contributed by atoms with Crippen LogP contribution in [0.3, 0.4) is 0 Å². The Bertz CT molecular complexity index is 681. The smallest absolute Gasteiger partial charge is 0.188 e. The number of nitrogens with zero attached hydrogens (tertiary/aromatic N) is 2. The van der Waals surface area contributed by atoms with Crippen molar-refractivity contribution in [2.24, 2.45) is 5.92 Å². The summed E-state index contributed by atoms with van der Waals surface area (Å²) < 4.78 is 5.45. The van der Waals surface area contributed by atoms with Crippen LogP contribution in [0.5, 0.6) is 0 Å². The molecule has 2 unspecified atom stereocenters. The number of hydrogen-bond acceptors (Lipinski definition) is 4. The molecular weight excluding hydrogens is 374 g/mol. The van der Waals surface area contributed by atoms with Crippen molar-refractivity contribution in [2.45, 2.75) is 76.3 Å². The van der Waals surface area contributed by atoms with Gasteiger partial charge in [-0.1, -0.05) is 18.2 Å². The predicted molar refractivity (Wildman–Crippen MR) is 124 cm³/mol. The van der Waals surface area contributed by atoms with Gasteiger partial charge in [-0.15, -0.1) is 0 Å². The lowest BCUT2D eigenvalue weighted by Gasteiger charge is -2.40. The van der Waals surface area contributed by atoms with Gasteiger partial charge in [0.15, 0.2) is 12.5 Å². The number of hydrogen-bond donors (Lipinski definition) is 1. The van der Waals surface area contributed by atoms with Gasteiger partial charge in [-0.25, -0.2) is 0 Å². The Morgan fingerprint density at radius 1 is 1.10 bits per heavy atom. The third kappa shape index (κ3) is 5.36. The second-order valence-electron chi connectivity index (χ2n) is 9.45. The van der Waals surface area contributed by atoms with E-state index in [1.54, 1.807) is 0 Å². The number of aryl methyl sites for hydroxylation is 1. The van der Waals surface area contributed by atoms with Gasteiger partial charge in [0.1, 0.15) is 0 Å². The molecule has 5 nitrogen and oxygen atoms in total. The average molecular weight is 415 g/mol. The molecule has 166 valence electrons. The van der Waals surface area contributed by atoms with Crippen LogP contribution in [0.15, 0.2) is 24.3 Å². The molecule has 0 aromatic heterocycles. The molecule has 3 aliphatic rings. The number of piperidine rings is 1. The van der Waals surface area contributed by atoms with Crippen molar-refractivity contribution in [3.63, 3.8) is 0 Å². The van der Waals surface area contributed by atoms with E-state index in [2.05, 4.69) is 34.1 Å². The molecule has 30 heavy (non-hydrogen) atoms. The largest absolute Gasteiger partial charge is 0.481 e. The molecule has 3 heterocycles. The zero-order chi connectivity index (χ0) is 20.8. The van der Waals surface area contributed by atoms with E-state index in [-0.39, 0.29) is 12.5 Å². The molecule has 0 radical (unpaired) electrons. The first kappa shape index (κ1) is 21.6. The predicted octanol–water partition coefficient (Wildman–Crippen LogP) is 3.96. The molecule has 2 bridgehead atoms. The zero-order valence-electron chi connectivity index (χ0n) is 18.5. The van der Waals surface area contributed by atoms with Crippen molar-refractivity contribution >= 4 is 11.6 Å². The maximum absolute atomic E-state index is 7.64. The minimum absolute atomic E-state index is 0.255. The number of benzene rings is 1. The van der Waals surface area contributed by atoms with Crippen molar-refractivity contribution in [3.8, 4) is 0 Å². The number of para-hydroxylation sites is 1. The van der Waals surface area contributed by atoms with Crippen LogP contribution in [-0.2, 0) is 11.2 Å². The first-order valence-electron chi connectivity index (χ1n) is 12.2. The standard InChI is InChI=1S/C25H39N3O2/c26-25(12-16-29)30-17-4-6-20-18-22-10-11-23(19-20)28(22)15-5-14-27-13-3-8-21-7-1-2-9-24(21)27/h1-2,7,9,20,22-23,26,29H,3-6,8,10-19H2/p+1. The Kier molecular flexibility index (Phi) is 7.67. The van der Waals surface area contributed by atoms with Gasteiger partial charge in [-0.2, -0.15) is 0 Å². The summed E-state index contributed by atoms with van der Waals surface area (Å²) >= 11 is 0. The summed E-state index contributed by atoms with van der Waals surface area (Å²) in [5.74, 6) is 1.12. The highest BCUT2D eigenvalue weighted by atomic mass is 16.5. The van der Waals surface area contributed by atoms with Crippen LogP contribution in [0.1, 0.15) is 63.4 Å². The quantitative estimate of drug-likeness (QED) is 0.273. The van der Waals surface area contributed by atoms with E-state index in [1.807, 2.05) is 0 Å². The molecule has 1 aromatic rings.